The highest BCUT2D eigenvalue weighted by atomic mass is 19.4. The lowest BCUT2D eigenvalue weighted by Gasteiger charge is -2.36. The summed E-state index contributed by atoms with van der Waals surface area (Å²) >= 11 is 0. The third-order valence-corrected chi connectivity index (χ3v) is 5.16. The summed E-state index contributed by atoms with van der Waals surface area (Å²) in [4.78, 5) is 4.21. The Kier molecular flexibility index (Phi) is 5.27. The molecular weight excluding hydrogens is 384 g/mol. The third kappa shape index (κ3) is 4.42. The Morgan fingerprint density at radius 1 is 0.966 bits per heavy atom. The van der Waals surface area contributed by atoms with Crippen LogP contribution in [0.15, 0.2) is 54.7 Å². The van der Waals surface area contributed by atoms with Crippen molar-refractivity contribution < 1.29 is 17.6 Å². The van der Waals surface area contributed by atoms with Crippen LogP contribution in [0.2, 0.25) is 0 Å². The molecule has 0 bridgehead atoms. The minimum absolute atomic E-state index is 0.291. The number of benzene rings is 2. The number of aromatic nitrogens is 2. The Labute approximate surface area is 165 Å². The van der Waals surface area contributed by atoms with E-state index in [1.165, 1.54) is 24.3 Å². The number of alkyl halides is 3. The second kappa shape index (κ2) is 7.87. The normalized spacial score (nSPS) is 15.7. The number of anilines is 1. The highest BCUT2D eigenvalue weighted by Crippen LogP contribution is 2.32. The van der Waals surface area contributed by atoms with Gasteiger partial charge in [-0.3, -0.25) is 10.00 Å². The molecule has 0 amide bonds. The molecule has 152 valence electrons. The van der Waals surface area contributed by atoms with Gasteiger partial charge in [0.1, 0.15) is 5.82 Å². The van der Waals surface area contributed by atoms with Gasteiger partial charge in [-0.15, -0.1) is 0 Å². The molecule has 29 heavy (non-hydrogen) atoms. The smallest absolute Gasteiger partial charge is 0.369 e. The van der Waals surface area contributed by atoms with Gasteiger partial charge in [-0.2, -0.15) is 18.3 Å². The van der Waals surface area contributed by atoms with Crippen molar-refractivity contribution in [3.63, 3.8) is 0 Å². The zero-order valence-corrected chi connectivity index (χ0v) is 15.6. The van der Waals surface area contributed by atoms with Crippen LogP contribution < -0.4 is 4.90 Å². The van der Waals surface area contributed by atoms with E-state index >= 15 is 0 Å². The molecule has 0 saturated carbocycles. The summed E-state index contributed by atoms with van der Waals surface area (Å²) in [5.74, 6) is -0.291. The van der Waals surface area contributed by atoms with Gasteiger partial charge in [-0.25, -0.2) is 4.39 Å². The fraction of sp³-hybridized carbons (Fsp3) is 0.286. The molecule has 0 atom stereocenters. The molecular formula is C21H20F4N4. The van der Waals surface area contributed by atoms with Crippen LogP contribution in [0, 0.1) is 5.82 Å². The van der Waals surface area contributed by atoms with Crippen molar-refractivity contribution in [2.45, 2.75) is 12.7 Å². The minimum Gasteiger partial charge on any atom is -0.369 e. The lowest BCUT2D eigenvalue weighted by atomic mass is 10.1. The number of hydrogen-bond donors (Lipinski definition) is 1. The highest BCUT2D eigenvalue weighted by Gasteiger charge is 2.31. The molecule has 1 N–H and O–H groups in total. The third-order valence-electron chi connectivity index (χ3n) is 5.16. The Morgan fingerprint density at radius 3 is 2.38 bits per heavy atom. The number of aromatic amines is 1. The summed E-state index contributed by atoms with van der Waals surface area (Å²) in [7, 11) is 0. The Bertz CT molecular complexity index is 957. The summed E-state index contributed by atoms with van der Waals surface area (Å²) in [5.41, 5.74) is 2.69. The first-order valence-corrected chi connectivity index (χ1v) is 9.33. The van der Waals surface area contributed by atoms with Crippen molar-refractivity contribution in [2.24, 2.45) is 0 Å². The SMILES string of the molecule is Fc1ccc(-c2[nH]ncc2CN2CCN(c3cccc(C(F)(F)F)c3)CC2)cc1. The van der Waals surface area contributed by atoms with Crippen molar-refractivity contribution in [1.82, 2.24) is 15.1 Å². The van der Waals surface area contributed by atoms with Gasteiger partial charge in [0.15, 0.2) is 0 Å². The molecule has 0 aliphatic carbocycles. The standard InChI is InChI=1S/C21H20F4N4/c22-18-6-4-15(5-7-18)20-16(13-26-27-20)14-28-8-10-29(11-9-28)19-3-1-2-17(12-19)21(23,24)25/h1-7,12-13H,8-11,14H2,(H,26,27). The molecule has 0 radical (unpaired) electrons. The summed E-state index contributed by atoms with van der Waals surface area (Å²) in [5, 5.41) is 7.09. The van der Waals surface area contributed by atoms with Crippen LogP contribution >= 0.6 is 0 Å². The number of nitrogens with one attached hydrogen (secondary N) is 1. The fourth-order valence-corrected chi connectivity index (χ4v) is 3.58. The molecule has 1 fully saturated rings. The molecule has 1 aliphatic heterocycles. The monoisotopic (exact) mass is 404 g/mol. The van der Waals surface area contributed by atoms with E-state index in [0.29, 0.717) is 25.3 Å². The molecule has 0 spiro atoms. The van der Waals surface area contributed by atoms with E-state index in [1.54, 1.807) is 24.4 Å². The van der Waals surface area contributed by atoms with Gasteiger partial charge in [0.05, 0.1) is 17.5 Å². The van der Waals surface area contributed by atoms with E-state index in [4.69, 9.17) is 0 Å². The first kappa shape index (κ1) is 19.4. The number of piperazine rings is 1. The summed E-state index contributed by atoms with van der Waals surface area (Å²) < 4.78 is 52.0. The van der Waals surface area contributed by atoms with E-state index in [-0.39, 0.29) is 5.82 Å². The Morgan fingerprint density at radius 2 is 1.69 bits per heavy atom. The number of H-pyrrole nitrogens is 1. The van der Waals surface area contributed by atoms with Gasteiger partial charge in [-0.1, -0.05) is 6.07 Å². The number of rotatable bonds is 4. The van der Waals surface area contributed by atoms with Crippen molar-refractivity contribution in [2.75, 3.05) is 31.1 Å². The maximum absolute atomic E-state index is 13.2. The summed E-state index contributed by atoms with van der Waals surface area (Å²) in [6, 6.07) is 11.7. The van der Waals surface area contributed by atoms with Crippen LogP contribution in [0.25, 0.3) is 11.3 Å². The van der Waals surface area contributed by atoms with E-state index in [9.17, 15) is 17.6 Å². The van der Waals surface area contributed by atoms with E-state index in [2.05, 4.69) is 15.1 Å². The van der Waals surface area contributed by atoms with E-state index in [1.807, 2.05) is 4.90 Å². The molecule has 2 aromatic carbocycles. The van der Waals surface area contributed by atoms with Gasteiger partial charge in [0, 0.05) is 49.5 Å². The molecule has 8 heteroatoms. The molecule has 0 unspecified atom stereocenters. The quantitative estimate of drug-likeness (QED) is 0.648. The Hall–Kier alpha value is -2.87. The van der Waals surface area contributed by atoms with Gasteiger partial charge in [0.25, 0.3) is 0 Å². The average molecular weight is 404 g/mol. The predicted molar refractivity (Wildman–Crippen MR) is 103 cm³/mol. The molecule has 2 heterocycles. The largest absolute Gasteiger partial charge is 0.416 e. The highest BCUT2D eigenvalue weighted by molar-refractivity contribution is 5.62. The predicted octanol–water partition coefficient (Wildman–Crippen LogP) is 4.56. The van der Waals surface area contributed by atoms with Gasteiger partial charge >= 0.3 is 6.18 Å². The van der Waals surface area contributed by atoms with Gasteiger partial charge < -0.3 is 4.90 Å². The van der Waals surface area contributed by atoms with Crippen molar-refractivity contribution in [3.8, 4) is 11.3 Å². The zero-order valence-electron chi connectivity index (χ0n) is 15.6. The van der Waals surface area contributed by atoms with E-state index in [0.717, 1.165) is 36.0 Å². The minimum atomic E-state index is -4.34. The van der Waals surface area contributed by atoms with Crippen LogP contribution in [-0.2, 0) is 12.7 Å². The van der Waals surface area contributed by atoms with Crippen molar-refractivity contribution >= 4 is 5.69 Å². The maximum atomic E-state index is 13.2. The second-order valence-electron chi connectivity index (χ2n) is 7.09. The first-order valence-electron chi connectivity index (χ1n) is 9.33. The zero-order chi connectivity index (χ0) is 20.4. The van der Waals surface area contributed by atoms with Crippen LogP contribution in [-0.4, -0.2) is 41.3 Å². The van der Waals surface area contributed by atoms with Gasteiger partial charge in [-0.05, 0) is 42.5 Å². The lowest BCUT2D eigenvalue weighted by molar-refractivity contribution is -0.137. The van der Waals surface area contributed by atoms with E-state index < -0.39 is 11.7 Å². The molecule has 3 aromatic rings. The molecule has 4 rings (SSSR count). The summed E-state index contributed by atoms with van der Waals surface area (Å²) in [6.45, 7) is 3.41. The van der Waals surface area contributed by atoms with Crippen LogP contribution in [0.4, 0.5) is 23.2 Å². The Balaban J connectivity index is 1.40. The van der Waals surface area contributed by atoms with Gasteiger partial charge in [0.2, 0.25) is 0 Å². The van der Waals surface area contributed by atoms with Crippen molar-refractivity contribution in [1.29, 1.82) is 0 Å². The topological polar surface area (TPSA) is 35.2 Å². The van der Waals surface area contributed by atoms with Crippen LogP contribution in [0.3, 0.4) is 0 Å². The first-order chi connectivity index (χ1) is 13.9. The molecule has 1 aromatic heterocycles. The number of hydrogen-bond acceptors (Lipinski definition) is 3. The van der Waals surface area contributed by atoms with Crippen LogP contribution in [0.1, 0.15) is 11.1 Å². The molecule has 1 saturated heterocycles. The maximum Gasteiger partial charge on any atom is 0.416 e. The fourth-order valence-electron chi connectivity index (χ4n) is 3.58. The molecule has 4 nitrogen and oxygen atoms in total. The molecule has 1 aliphatic rings. The number of nitrogens with zero attached hydrogens (tertiary/aromatic N) is 3. The van der Waals surface area contributed by atoms with Crippen LogP contribution in [0.5, 0.6) is 0 Å². The summed E-state index contributed by atoms with van der Waals surface area (Å²) in [6.07, 6.45) is -2.58. The van der Waals surface area contributed by atoms with Crippen molar-refractivity contribution in [3.05, 3.63) is 71.7 Å². The number of halogens is 4. The average Bonchev–Trinajstić information content (AvgIpc) is 3.17. The second-order valence-corrected chi connectivity index (χ2v) is 7.09. The lowest BCUT2D eigenvalue weighted by Crippen LogP contribution is -2.46.